The molecule has 6 nitrogen and oxygen atoms in total. The summed E-state index contributed by atoms with van der Waals surface area (Å²) in [7, 11) is 1.64. The van der Waals surface area contributed by atoms with Gasteiger partial charge in [0.2, 0.25) is 5.88 Å². The number of rotatable bonds is 6. The number of pyridine rings is 1. The number of carbonyl (C=O) groups is 1. The molecule has 2 heterocycles. The number of ether oxygens (including phenoxy) is 2. The summed E-state index contributed by atoms with van der Waals surface area (Å²) >= 11 is 0. The Labute approximate surface area is 198 Å². The molecule has 0 bridgehead atoms. The minimum absolute atomic E-state index is 0.0506. The average molecular weight is 452 g/mol. The second-order valence-electron chi connectivity index (χ2n) is 8.13. The second kappa shape index (κ2) is 9.27. The number of methoxy groups -OCH3 is 1. The highest BCUT2D eigenvalue weighted by atomic mass is 16.5. The van der Waals surface area contributed by atoms with Crippen molar-refractivity contribution in [2.75, 3.05) is 17.3 Å². The van der Waals surface area contributed by atoms with Crippen LogP contribution in [0.15, 0.2) is 91.1 Å². The van der Waals surface area contributed by atoms with Crippen molar-refractivity contribution in [2.45, 2.75) is 19.7 Å². The van der Waals surface area contributed by atoms with Gasteiger partial charge in [-0.2, -0.15) is 0 Å². The summed E-state index contributed by atoms with van der Waals surface area (Å²) in [6, 6.07) is 27.0. The maximum atomic E-state index is 13.6. The van der Waals surface area contributed by atoms with Crippen molar-refractivity contribution < 1.29 is 14.3 Å². The summed E-state index contributed by atoms with van der Waals surface area (Å²) in [6.45, 7) is 2.32. The first kappa shape index (κ1) is 21.5. The minimum atomic E-state index is -0.399. The number of nitrogens with one attached hydrogen (secondary N) is 1. The van der Waals surface area contributed by atoms with Crippen LogP contribution in [0.5, 0.6) is 11.6 Å². The van der Waals surface area contributed by atoms with E-state index in [1.807, 2.05) is 91.9 Å². The van der Waals surface area contributed by atoms with Crippen molar-refractivity contribution in [3.8, 4) is 11.6 Å². The van der Waals surface area contributed by atoms with Crippen molar-refractivity contribution in [3.05, 3.63) is 113 Å². The first-order chi connectivity index (χ1) is 16.6. The zero-order chi connectivity index (χ0) is 23.5. The van der Waals surface area contributed by atoms with Crippen molar-refractivity contribution in [1.29, 1.82) is 0 Å². The molecule has 0 saturated heterocycles. The minimum Gasteiger partial charge on any atom is -0.496 e. The summed E-state index contributed by atoms with van der Waals surface area (Å²) in [4.78, 5) is 19.7. The number of hydrogen-bond acceptors (Lipinski definition) is 5. The molecule has 4 aromatic rings. The summed E-state index contributed by atoms with van der Waals surface area (Å²) in [5.41, 5.74) is 5.20. The fraction of sp³-hybridized carbons (Fsp3) is 0.143. The van der Waals surface area contributed by atoms with E-state index in [0.29, 0.717) is 17.2 Å². The lowest BCUT2D eigenvalue weighted by atomic mass is 10.0. The predicted molar refractivity (Wildman–Crippen MR) is 132 cm³/mol. The molecule has 1 N–H and O–H groups in total. The van der Waals surface area contributed by atoms with E-state index in [1.54, 1.807) is 18.2 Å². The van der Waals surface area contributed by atoms with Gasteiger partial charge in [0.1, 0.15) is 18.5 Å². The first-order valence-corrected chi connectivity index (χ1v) is 11.1. The third kappa shape index (κ3) is 4.18. The zero-order valence-electron chi connectivity index (χ0n) is 19.1. The largest absolute Gasteiger partial charge is 0.496 e. The topological polar surface area (TPSA) is 63.7 Å². The van der Waals surface area contributed by atoms with Crippen LogP contribution in [0.3, 0.4) is 0 Å². The molecule has 0 saturated carbocycles. The molecule has 0 fully saturated rings. The van der Waals surface area contributed by atoms with Crippen LogP contribution in [-0.4, -0.2) is 18.0 Å². The Morgan fingerprint density at radius 2 is 1.76 bits per heavy atom. The van der Waals surface area contributed by atoms with Gasteiger partial charge in [-0.1, -0.05) is 42.0 Å². The van der Waals surface area contributed by atoms with E-state index in [0.717, 1.165) is 28.1 Å². The first-order valence-electron chi connectivity index (χ1n) is 11.1. The molecule has 34 heavy (non-hydrogen) atoms. The maximum Gasteiger partial charge on any atom is 0.262 e. The molecule has 5 rings (SSSR count). The van der Waals surface area contributed by atoms with E-state index in [4.69, 9.17) is 9.47 Å². The molecule has 0 aliphatic carbocycles. The molecular formula is C28H25N3O3. The molecule has 3 aromatic carbocycles. The highest BCUT2D eigenvalue weighted by Crippen LogP contribution is 2.38. The van der Waals surface area contributed by atoms with Crippen molar-refractivity contribution in [2.24, 2.45) is 0 Å². The monoisotopic (exact) mass is 451 g/mol. The highest BCUT2D eigenvalue weighted by Gasteiger charge is 2.34. The van der Waals surface area contributed by atoms with Gasteiger partial charge in [0.15, 0.2) is 0 Å². The van der Waals surface area contributed by atoms with Crippen LogP contribution in [0.1, 0.15) is 33.2 Å². The quantitative estimate of drug-likeness (QED) is 0.404. The number of benzene rings is 3. The van der Waals surface area contributed by atoms with E-state index >= 15 is 0 Å². The number of para-hydroxylation sites is 1. The summed E-state index contributed by atoms with van der Waals surface area (Å²) < 4.78 is 11.5. The van der Waals surface area contributed by atoms with Gasteiger partial charge < -0.3 is 14.8 Å². The third-order valence-corrected chi connectivity index (χ3v) is 5.87. The van der Waals surface area contributed by atoms with Crippen LogP contribution in [-0.2, 0) is 6.61 Å². The molecule has 1 atom stereocenters. The Morgan fingerprint density at radius 3 is 2.53 bits per heavy atom. The molecule has 0 unspecified atom stereocenters. The number of aryl methyl sites for hydroxylation is 1. The molecule has 1 aromatic heterocycles. The molecule has 0 spiro atoms. The molecule has 1 aliphatic rings. The van der Waals surface area contributed by atoms with E-state index in [1.165, 1.54) is 0 Å². The van der Waals surface area contributed by atoms with Crippen molar-refractivity contribution in [1.82, 2.24) is 4.98 Å². The maximum absolute atomic E-state index is 13.6. The Balaban J connectivity index is 1.54. The SMILES string of the molecule is COc1ccc([C@H]2Nc3ccccc3C(=O)N2c2ccc(C)cc2)cc1COc1ccccn1. The van der Waals surface area contributed by atoms with Crippen molar-refractivity contribution >= 4 is 17.3 Å². The zero-order valence-corrected chi connectivity index (χ0v) is 19.1. The lowest BCUT2D eigenvalue weighted by Gasteiger charge is -2.38. The van der Waals surface area contributed by atoms with Gasteiger partial charge in [0, 0.05) is 29.2 Å². The number of anilines is 2. The number of carbonyl (C=O) groups excluding carboxylic acids is 1. The van der Waals surface area contributed by atoms with Crippen LogP contribution in [0.2, 0.25) is 0 Å². The van der Waals surface area contributed by atoms with Gasteiger partial charge in [-0.15, -0.1) is 0 Å². The fourth-order valence-electron chi connectivity index (χ4n) is 4.12. The molecule has 1 amide bonds. The fourth-order valence-corrected chi connectivity index (χ4v) is 4.12. The number of hydrogen-bond donors (Lipinski definition) is 1. The van der Waals surface area contributed by atoms with Gasteiger partial charge in [0.05, 0.1) is 12.7 Å². The van der Waals surface area contributed by atoms with Gasteiger partial charge in [-0.05, 0) is 55.0 Å². The Bertz CT molecular complexity index is 1310. The van der Waals surface area contributed by atoms with Crippen LogP contribution in [0.4, 0.5) is 11.4 Å². The van der Waals surface area contributed by atoms with E-state index in [9.17, 15) is 4.79 Å². The molecule has 0 radical (unpaired) electrons. The van der Waals surface area contributed by atoms with E-state index in [-0.39, 0.29) is 12.5 Å². The van der Waals surface area contributed by atoms with Gasteiger partial charge in [-0.25, -0.2) is 4.98 Å². The second-order valence-corrected chi connectivity index (χ2v) is 8.13. The standard InChI is InChI=1S/C28H25N3O3/c1-19-10-13-22(14-11-19)31-27(30-24-8-4-3-7-23(24)28(31)32)20-12-15-25(33-2)21(17-20)18-34-26-9-5-6-16-29-26/h3-17,27,30H,18H2,1-2H3/t27-/m0/s1. The number of aromatic nitrogens is 1. The lowest BCUT2D eigenvalue weighted by Crippen LogP contribution is -2.43. The van der Waals surface area contributed by atoms with Crippen LogP contribution < -0.4 is 19.7 Å². The molecule has 1 aliphatic heterocycles. The van der Waals surface area contributed by atoms with E-state index in [2.05, 4.69) is 10.3 Å². The summed E-state index contributed by atoms with van der Waals surface area (Å²) in [6.07, 6.45) is 1.29. The lowest BCUT2D eigenvalue weighted by molar-refractivity contribution is 0.0975. The number of nitrogens with zero attached hydrogens (tertiary/aromatic N) is 2. The van der Waals surface area contributed by atoms with Gasteiger partial charge in [-0.3, -0.25) is 9.69 Å². The number of fused-ring (bicyclic) bond motifs is 1. The molecule has 170 valence electrons. The molecule has 6 heteroatoms. The average Bonchev–Trinajstić information content (AvgIpc) is 2.88. The van der Waals surface area contributed by atoms with Crippen LogP contribution in [0.25, 0.3) is 0 Å². The third-order valence-electron chi connectivity index (χ3n) is 5.87. The van der Waals surface area contributed by atoms with Crippen LogP contribution in [0, 0.1) is 6.92 Å². The summed E-state index contributed by atoms with van der Waals surface area (Å²) in [5.74, 6) is 1.20. The highest BCUT2D eigenvalue weighted by molar-refractivity contribution is 6.12. The van der Waals surface area contributed by atoms with Crippen molar-refractivity contribution in [3.63, 3.8) is 0 Å². The Hall–Kier alpha value is -4.32. The molecular weight excluding hydrogens is 426 g/mol. The van der Waals surface area contributed by atoms with E-state index < -0.39 is 6.17 Å². The Kier molecular flexibility index (Phi) is 5.87. The normalized spacial score (nSPS) is 14.8. The Morgan fingerprint density at radius 1 is 0.971 bits per heavy atom. The van der Waals surface area contributed by atoms with Gasteiger partial charge >= 0.3 is 0 Å². The van der Waals surface area contributed by atoms with Gasteiger partial charge in [0.25, 0.3) is 5.91 Å². The number of amides is 1. The smallest absolute Gasteiger partial charge is 0.262 e. The summed E-state index contributed by atoms with van der Waals surface area (Å²) in [5, 5.41) is 3.56. The van der Waals surface area contributed by atoms with Crippen LogP contribution >= 0.6 is 0 Å². The predicted octanol–water partition coefficient (Wildman–Crippen LogP) is 5.75.